The molecule has 0 spiro atoms. The molecule has 0 atom stereocenters. The molecule has 0 N–H and O–H groups in total. The normalized spacial score (nSPS) is 17.8. The van der Waals surface area contributed by atoms with Crippen molar-refractivity contribution in [3.05, 3.63) is 0 Å². The SMILES string of the molecule is CS(=O)(=O)OCCCN1CCCC1=O. The lowest BCUT2D eigenvalue weighted by molar-refractivity contribution is -0.127. The molecule has 82 valence electrons. The Kier molecular flexibility index (Phi) is 3.88. The smallest absolute Gasteiger partial charge is 0.264 e. The predicted octanol–water partition coefficient (Wildman–Crippen LogP) is -0.0249. The van der Waals surface area contributed by atoms with Crippen LogP contribution in [0.5, 0.6) is 0 Å². The van der Waals surface area contributed by atoms with E-state index >= 15 is 0 Å². The fourth-order valence-electron chi connectivity index (χ4n) is 1.41. The van der Waals surface area contributed by atoms with Crippen molar-refractivity contribution in [2.75, 3.05) is 26.0 Å². The second kappa shape index (κ2) is 4.75. The van der Waals surface area contributed by atoms with E-state index in [2.05, 4.69) is 4.18 Å². The molecular weight excluding hydrogens is 206 g/mol. The maximum atomic E-state index is 11.1. The summed E-state index contributed by atoms with van der Waals surface area (Å²) in [5.41, 5.74) is 0. The Labute approximate surface area is 84.2 Å². The molecule has 14 heavy (non-hydrogen) atoms. The third-order valence-corrected chi connectivity index (χ3v) is 2.64. The van der Waals surface area contributed by atoms with Crippen molar-refractivity contribution in [3.63, 3.8) is 0 Å². The van der Waals surface area contributed by atoms with Crippen molar-refractivity contribution in [1.29, 1.82) is 0 Å². The van der Waals surface area contributed by atoms with Crippen molar-refractivity contribution in [2.24, 2.45) is 0 Å². The predicted molar refractivity (Wildman–Crippen MR) is 51.2 cm³/mol. The minimum atomic E-state index is -3.34. The first-order valence-electron chi connectivity index (χ1n) is 4.61. The van der Waals surface area contributed by atoms with Crippen LogP contribution in [0.25, 0.3) is 0 Å². The van der Waals surface area contributed by atoms with Crippen LogP contribution in [0.3, 0.4) is 0 Å². The molecule has 1 amide bonds. The van der Waals surface area contributed by atoms with Gasteiger partial charge in [-0.2, -0.15) is 8.42 Å². The van der Waals surface area contributed by atoms with Gasteiger partial charge in [-0.05, 0) is 12.8 Å². The molecule has 0 saturated carbocycles. The molecule has 0 aromatic heterocycles. The molecular formula is C8H15NO4S. The second-order valence-electron chi connectivity index (χ2n) is 3.36. The average Bonchev–Trinajstić information content (AvgIpc) is 2.44. The van der Waals surface area contributed by atoms with E-state index in [9.17, 15) is 13.2 Å². The van der Waals surface area contributed by atoms with E-state index in [0.29, 0.717) is 19.4 Å². The van der Waals surface area contributed by atoms with Gasteiger partial charge in [0.05, 0.1) is 12.9 Å². The van der Waals surface area contributed by atoms with E-state index in [1.54, 1.807) is 4.90 Å². The van der Waals surface area contributed by atoms with E-state index in [4.69, 9.17) is 0 Å². The highest BCUT2D eigenvalue weighted by Crippen LogP contribution is 2.09. The number of likely N-dealkylation sites (tertiary alicyclic amines) is 1. The molecule has 1 rings (SSSR count). The lowest BCUT2D eigenvalue weighted by Crippen LogP contribution is -2.26. The summed E-state index contributed by atoms with van der Waals surface area (Å²) in [6.45, 7) is 1.54. The van der Waals surface area contributed by atoms with Gasteiger partial charge in [0, 0.05) is 19.5 Å². The van der Waals surface area contributed by atoms with E-state index in [-0.39, 0.29) is 12.5 Å². The molecule has 5 nitrogen and oxygen atoms in total. The Morgan fingerprint density at radius 2 is 2.21 bits per heavy atom. The minimum Gasteiger partial charge on any atom is -0.343 e. The Morgan fingerprint density at radius 3 is 2.71 bits per heavy atom. The van der Waals surface area contributed by atoms with Crippen molar-refractivity contribution in [3.8, 4) is 0 Å². The summed E-state index contributed by atoms with van der Waals surface area (Å²) in [7, 11) is -3.34. The molecule has 1 aliphatic rings. The molecule has 1 heterocycles. The third-order valence-electron chi connectivity index (χ3n) is 2.04. The molecule has 1 aliphatic heterocycles. The largest absolute Gasteiger partial charge is 0.343 e. The molecule has 1 fully saturated rings. The van der Waals surface area contributed by atoms with Gasteiger partial charge in [-0.1, -0.05) is 0 Å². The average molecular weight is 221 g/mol. The number of rotatable bonds is 5. The summed E-state index contributed by atoms with van der Waals surface area (Å²) in [5.74, 6) is 0.157. The zero-order valence-corrected chi connectivity index (χ0v) is 9.05. The number of hydrogen-bond acceptors (Lipinski definition) is 4. The van der Waals surface area contributed by atoms with Gasteiger partial charge in [0.25, 0.3) is 10.1 Å². The first-order valence-corrected chi connectivity index (χ1v) is 6.43. The van der Waals surface area contributed by atoms with Gasteiger partial charge in [-0.15, -0.1) is 0 Å². The van der Waals surface area contributed by atoms with E-state index < -0.39 is 10.1 Å². The Morgan fingerprint density at radius 1 is 1.50 bits per heavy atom. The van der Waals surface area contributed by atoms with Crippen molar-refractivity contribution in [2.45, 2.75) is 19.3 Å². The first kappa shape index (κ1) is 11.5. The molecule has 0 aromatic rings. The van der Waals surface area contributed by atoms with Gasteiger partial charge in [-0.25, -0.2) is 0 Å². The van der Waals surface area contributed by atoms with Crippen LogP contribution in [0.1, 0.15) is 19.3 Å². The minimum absolute atomic E-state index is 0.155. The lowest BCUT2D eigenvalue weighted by Gasteiger charge is -2.14. The second-order valence-corrected chi connectivity index (χ2v) is 5.01. The highest BCUT2D eigenvalue weighted by atomic mass is 32.2. The zero-order valence-electron chi connectivity index (χ0n) is 8.23. The summed E-state index contributed by atoms with van der Waals surface area (Å²) >= 11 is 0. The van der Waals surface area contributed by atoms with E-state index in [0.717, 1.165) is 19.2 Å². The summed E-state index contributed by atoms with van der Waals surface area (Å²) in [6, 6.07) is 0. The fourth-order valence-corrected chi connectivity index (χ4v) is 1.83. The molecule has 1 saturated heterocycles. The van der Waals surface area contributed by atoms with Crippen molar-refractivity contribution >= 4 is 16.0 Å². The summed E-state index contributed by atoms with van der Waals surface area (Å²) in [4.78, 5) is 12.9. The van der Waals surface area contributed by atoms with Gasteiger partial charge in [0.1, 0.15) is 0 Å². The van der Waals surface area contributed by atoms with Crippen LogP contribution in [0.2, 0.25) is 0 Å². The van der Waals surface area contributed by atoms with Crippen LogP contribution in [-0.4, -0.2) is 45.2 Å². The third kappa shape index (κ3) is 4.06. The number of hydrogen-bond donors (Lipinski definition) is 0. The summed E-state index contributed by atoms with van der Waals surface area (Å²) in [6.07, 6.45) is 3.12. The number of carbonyl (C=O) groups excluding carboxylic acids is 1. The molecule has 6 heteroatoms. The Balaban J connectivity index is 2.13. The van der Waals surface area contributed by atoms with E-state index in [1.165, 1.54) is 0 Å². The molecule has 0 unspecified atom stereocenters. The molecule has 0 bridgehead atoms. The van der Waals surface area contributed by atoms with Crippen LogP contribution >= 0.6 is 0 Å². The van der Waals surface area contributed by atoms with Gasteiger partial charge in [0.15, 0.2) is 0 Å². The van der Waals surface area contributed by atoms with Gasteiger partial charge in [0.2, 0.25) is 5.91 Å². The quantitative estimate of drug-likeness (QED) is 0.483. The van der Waals surface area contributed by atoms with Gasteiger partial charge in [-0.3, -0.25) is 8.98 Å². The molecule has 0 aromatic carbocycles. The number of carbonyl (C=O) groups is 1. The fraction of sp³-hybridized carbons (Fsp3) is 0.875. The summed E-state index contributed by atoms with van der Waals surface area (Å²) < 4.78 is 25.7. The highest BCUT2D eigenvalue weighted by molar-refractivity contribution is 7.85. The van der Waals surface area contributed by atoms with Crippen LogP contribution in [0, 0.1) is 0 Å². The van der Waals surface area contributed by atoms with Crippen molar-refractivity contribution < 1.29 is 17.4 Å². The van der Waals surface area contributed by atoms with Gasteiger partial charge >= 0.3 is 0 Å². The summed E-state index contributed by atoms with van der Waals surface area (Å²) in [5, 5.41) is 0. The van der Waals surface area contributed by atoms with Crippen LogP contribution in [-0.2, 0) is 19.1 Å². The molecule has 0 aliphatic carbocycles. The van der Waals surface area contributed by atoms with Crippen LogP contribution < -0.4 is 0 Å². The van der Waals surface area contributed by atoms with Crippen molar-refractivity contribution in [1.82, 2.24) is 4.90 Å². The first-order chi connectivity index (χ1) is 6.49. The number of nitrogens with zero attached hydrogens (tertiary/aromatic N) is 1. The van der Waals surface area contributed by atoms with Crippen LogP contribution in [0.15, 0.2) is 0 Å². The number of amides is 1. The standard InChI is InChI=1S/C8H15NO4S/c1-14(11,12)13-7-3-6-9-5-2-4-8(9)10/h2-7H2,1H3. The Bertz CT molecular complexity index is 298. The zero-order chi connectivity index (χ0) is 10.6. The van der Waals surface area contributed by atoms with Gasteiger partial charge < -0.3 is 4.90 Å². The topological polar surface area (TPSA) is 63.7 Å². The lowest BCUT2D eigenvalue weighted by atomic mass is 10.4. The monoisotopic (exact) mass is 221 g/mol. The van der Waals surface area contributed by atoms with Crippen LogP contribution in [0.4, 0.5) is 0 Å². The van der Waals surface area contributed by atoms with E-state index in [1.807, 2.05) is 0 Å². The Hall–Kier alpha value is -0.620. The maximum absolute atomic E-state index is 11.1. The maximum Gasteiger partial charge on any atom is 0.264 e. The highest BCUT2D eigenvalue weighted by Gasteiger charge is 2.19. The molecule has 0 radical (unpaired) electrons.